The van der Waals surface area contributed by atoms with Gasteiger partial charge in [-0.1, -0.05) is 6.07 Å². The van der Waals surface area contributed by atoms with E-state index >= 15 is 0 Å². The molecule has 0 fully saturated rings. The highest BCUT2D eigenvalue weighted by Crippen LogP contribution is 2.19. The Kier molecular flexibility index (Phi) is 3.69. The zero-order valence-electron chi connectivity index (χ0n) is 9.22. The SMILES string of the molecule is CC(O)(C(=O)O)C(N)Cc1ccc(O)c(F)c1. The number of carbonyl (C=O) groups is 1. The number of carboxylic acid groups (broad SMARTS) is 1. The largest absolute Gasteiger partial charge is 0.505 e. The lowest BCUT2D eigenvalue weighted by atomic mass is 9.91. The van der Waals surface area contributed by atoms with Crippen LogP contribution in [0.1, 0.15) is 12.5 Å². The van der Waals surface area contributed by atoms with Crippen LogP contribution in [-0.2, 0) is 11.2 Å². The van der Waals surface area contributed by atoms with Gasteiger partial charge in [-0.05, 0) is 31.0 Å². The van der Waals surface area contributed by atoms with E-state index in [4.69, 9.17) is 15.9 Å². The molecule has 0 aliphatic carbocycles. The number of hydrogen-bond acceptors (Lipinski definition) is 4. The van der Waals surface area contributed by atoms with Crippen LogP contribution in [-0.4, -0.2) is 32.9 Å². The van der Waals surface area contributed by atoms with Crippen molar-refractivity contribution in [1.29, 1.82) is 0 Å². The maximum Gasteiger partial charge on any atom is 0.337 e. The van der Waals surface area contributed by atoms with E-state index in [0.29, 0.717) is 5.56 Å². The highest BCUT2D eigenvalue weighted by Gasteiger charge is 2.37. The van der Waals surface area contributed by atoms with Crippen molar-refractivity contribution in [2.75, 3.05) is 0 Å². The molecule has 5 nitrogen and oxygen atoms in total. The zero-order chi connectivity index (χ0) is 13.2. The number of nitrogens with two attached hydrogens (primary N) is 1. The van der Waals surface area contributed by atoms with Gasteiger partial charge in [0.05, 0.1) is 0 Å². The van der Waals surface area contributed by atoms with Crippen LogP contribution in [0, 0.1) is 5.82 Å². The molecule has 2 unspecified atom stereocenters. The lowest BCUT2D eigenvalue weighted by Gasteiger charge is -2.25. The minimum Gasteiger partial charge on any atom is -0.505 e. The molecule has 0 bridgehead atoms. The highest BCUT2D eigenvalue weighted by atomic mass is 19.1. The van der Waals surface area contributed by atoms with Crippen LogP contribution in [0.5, 0.6) is 5.75 Å². The molecule has 0 saturated heterocycles. The van der Waals surface area contributed by atoms with Crippen molar-refractivity contribution in [2.45, 2.75) is 25.0 Å². The fourth-order valence-corrected chi connectivity index (χ4v) is 1.29. The minimum atomic E-state index is -2.09. The highest BCUT2D eigenvalue weighted by molar-refractivity contribution is 5.77. The van der Waals surface area contributed by atoms with E-state index in [2.05, 4.69) is 0 Å². The molecule has 5 N–H and O–H groups in total. The van der Waals surface area contributed by atoms with E-state index in [-0.39, 0.29) is 6.42 Å². The van der Waals surface area contributed by atoms with Crippen molar-refractivity contribution in [2.24, 2.45) is 5.73 Å². The molecule has 2 atom stereocenters. The monoisotopic (exact) mass is 243 g/mol. The minimum absolute atomic E-state index is 0.0174. The first-order valence-corrected chi connectivity index (χ1v) is 4.94. The van der Waals surface area contributed by atoms with Crippen LogP contribution in [0.4, 0.5) is 4.39 Å². The zero-order valence-corrected chi connectivity index (χ0v) is 9.22. The van der Waals surface area contributed by atoms with Gasteiger partial charge in [0.15, 0.2) is 17.2 Å². The van der Waals surface area contributed by atoms with Crippen LogP contribution in [0.3, 0.4) is 0 Å². The van der Waals surface area contributed by atoms with E-state index < -0.39 is 29.2 Å². The van der Waals surface area contributed by atoms with Crippen molar-refractivity contribution in [3.05, 3.63) is 29.6 Å². The maximum atomic E-state index is 13.0. The molecule has 94 valence electrons. The summed E-state index contributed by atoms with van der Waals surface area (Å²) in [7, 11) is 0. The number of aromatic hydroxyl groups is 1. The molecule has 0 saturated carbocycles. The Labute approximate surface area is 97.3 Å². The van der Waals surface area contributed by atoms with Gasteiger partial charge >= 0.3 is 5.97 Å². The van der Waals surface area contributed by atoms with Gasteiger partial charge in [-0.25, -0.2) is 9.18 Å². The van der Waals surface area contributed by atoms with Gasteiger partial charge < -0.3 is 21.1 Å². The number of phenolic OH excluding ortho intramolecular Hbond substituents is 1. The summed E-state index contributed by atoms with van der Waals surface area (Å²) in [6, 6.07) is 2.53. The fourth-order valence-electron chi connectivity index (χ4n) is 1.29. The van der Waals surface area contributed by atoms with E-state index in [9.17, 15) is 14.3 Å². The van der Waals surface area contributed by atoms with Crippen molar-refractivity contribution in [3.63, 3.8) is 0 Å². The third-order valence-corrected chi connectivity index (χ3v) is 2.62. The number of rotatable bonds is 4. The molecule has 0 radical (unpaired) electrons. The summed E-state index contributed by atoms with van der Waals surface area (Å²) in [5.41, 5.74) is 3.87. The van der Waals surface area contributed by atoms with E-state index in [0.717, 1.165) is 19.1 Å². The summed E-state index contributed by atoms with van der Waals surface area (Å²) in [6.45, 7) is 1.08. The number of aliphatic hydroxyl groups is 1. The number of hydrogen-bond donors (Lipinski definition) is 4. The Morgan fingerprint density at radius 3 is 2.65 bits per heavy atom. The first-order chi connectivity index (χ1) is 7.75. The summed E-state index contributed by atoms with van der Waals surface area (Å²) in [4.78, 5) is 10.7. The van der Waals surface area contributed by atoms with Crippen molar-refractivity contribution < 1.29 is 24.5 Å². The second kappa shape index (κ2) is 4.68. The summed E-state index contributed by atoms with van der Waals surface area (Å²) in [5.74, 6) is -2.75. The Bertz CT molecular complexity index is 433. The Morgan fingerprint density at radius 2 is 2.18 bits per heavy atom. The first-order valence-electron chi connectivity index (χ1n) is 4.94. The van der Waals surface area contributed by atoms with Crippen LogP contribution in [0.15, 0.2) is 18.2 Å². The molecule has 0 aliphatic rings. The average Bonchev–Trinajstić information content (AvgIpc) is 2.23. The first kappa shape index (κ1) is 13.4. The van der Waals surface area contributed by atoms with Gasteiger partial charge in [0.25, 0.3) is 0 Å². The van der Waals surface area contributed by atoms with E-state index in [1.807, 2.05) is 0 Å². The predicted molar refractivity (Wildman–Crippen MR) is 58.0 cm³/mol. The summed E-state index contributed by atoms with van der Waals surface area (Å²) in [5, 5.41) is 27.3. The van der Waals surface area contributed by atoms with Gasteiger partial charge in [-0.3, -0.25) is 0 Å². The predicted octanol–water partition coefficient (Wildman–Crippen LogP) is 0.237. The van der Waals surface area contributed by atoms with Gasteiger partial charge in [0, 0.05) is 6.04 Å². The van der Waals surface area contributed by atoms with Gasteiger partial charge in [0.1, 0.15) is 0 Å². The maximum absolute atomic E-state index is 13.0. The number of phenols is 1. The number of carboxylic acids is 1. The molecule has 0 heterocycles. The van der Waals surface area contributed by atoms with Gasteiger partial charge in [-0.2, -0.15) is 0 Å². The van der Waals surface area contributed by atoms with Crippen molar-refractivity contribution in [1.82, 2.24) is 0 Å². The molecule has 17 heavy (non-hydrogen) atoms. The second-order valence-electron chi connectivity index (χ2n) is 4.05. The lowest BCUT2D eigenvalue weighted by molar-refractivity contribution is -0.158. The van der Waals surface area contributed by atoms with E-state index in [1.54, 1.807) is 0 Å². The van der Waals surface area contributed by atoms with Crippen molar-refractivity contribution in [3.8, 4) is 5.75 Å². The molecular formula is C11H14FNO4. The summed E-state index contributed by atoms with van der Waals surface area (Å²) in [6.07, 6.45) is -0.0174. The molecule has 1 aromatic rings. The fraction of sp³-hybridized carbons (Fsp3) is 0.364. The number of halogens is 1. The lowest BCUT2D eigenvalue weighted by Crippen LogP contribution is -2.52. The number of aliphatic carboxylic acids is 1. The normalized spacial score (nSPS) is 16.2. The molecule has 6 heteroatoms. The van der Waals surface area contributed by atoms with Gasteiger partial charge in [-0.15, -0.1) is 0 Å². The molecule has 0 spiro atoms. The van der Waals surface area contributed by atoms with Crippen LogP contribution in [0.2, 0.25) is 0 Å². The standard InChI is InChI=1S/C11H14FNO4/c1-11(17,10(15)16)9(13)5-6-2-3-8(14)7(12)4-6/h2-4,9,14,17H,5,13H2,1H3,(H,15,16). The molecular weight excluding hydrogens is 229 g/mol. The summed E-state index contributed by atoms with van der Waals surface area (Å²) < 4.78 is 13.0. The molecule has 1 aromatic carbocycles. The molecule has 1 rings (SSSR count). The Morgan fingerprint density at radius 1 is 1.59 bits per heavy atom. The smallest absolute Gasteiger partial charge is 0.337 e. The van der Waals surface area contributed by atoms with Crippen LogP contribution >= 0.6 is 0 Å². The molecule has 0 aromatic heterocycles. The Balaban J connectivity index is 2.84. The second-order valence-corrected chi connectivity index (χ2v) is 4.05. The quantitative estimate of drug-likeness (QED) is 0.606. The van der Waals surface area contributed by atoms with Crippen LogP contribution in [0.25, 0.3) is 0 Å². The third kappa shape index (κ3) is 2.92. The van der Waals surface area contributed by atoms with Crippen LogP contribution < -0.4 is 5.73 Å². The van der Waals surface area contributed by atoms with E-state index in [1.165, 1.54) is 6.07 Å². The molecule has 0 amide bonds. The van der Waals surface area contributed by atoms with Gasteiger partial charge in [0.2, 0.25) is 0 Å². The number of benzene rings is 1. The average molecular weight is 243 g/mol. The topological polar surface area (TPSA) is 104 Å². The Hall–Kier alpha value is -1.66. The summed E-state index contributed by atoms with van der Waals surface area (Å²) >= 11 is 0. The van der Waals surface area contributed by atoms with Crippen molar-refractivity contribution >= 4 is 5.97 Å². The molecule has 0 aliphatic heterocycles. The third-order valence-electron chi connectivity index (χ3n) is 2.62.